The summed E-state index contributed by atoms with van der Waals surface area (Å²) in [5.41, 5.74) is 0.146. The largest absolute Gasteiger partial charge is 0.506 e. The summed E-state index contributed by atoms with van der Waals surface area (Å²) in [4.78, 5) is 3.57. The highest BCUT2D eigenvalue weighted by Gasteiger charge is 2.15. The molecule has 1 heterocycles. The smallest absolute Gasteiger partial charge is 0.295 e. The molecule has 2 aromatic rings. The van der Waals surface area contributed by atoms with Crippen molar-refractivity contribution in [2.75, 3.05) is 0 Å². The molecule has 92 valence electrons. The van der Waals surface area contributed by atoms with E-state index in [1.165, 1.54) is 24.4 Å². The fraction of sp³-hybridized carbons (Fsp3) is 0. The summed E-state index contributed by atoms with van der Waals surface area (Å²) in [6, 6.07) is 5.30. The molecule has 0 aliphatic carbocycles. The first kappa shape index (κ1) is 13.6. The average molecular weight is 275 g/mol. The summed E-state index contributed by atoms with van der Waals surface area (Å²) in [6.07, 6.45) is 1.43. The van der Waals surface area contributed by atoms with Crippen LogP contribution in [0.2, 0.25) is 0 Å². The second kappa shape index (κ2) is 5.21. The van der Waals surface area contributed by atoms with Gasteiger partial charge in [0.2, 0.25) is 0 Å². The summed E-state index contributed by atoms with van der Waals surface area (Å²) in [6.45, 7) is 0. The summed E-state index contributed by atoms with van der Waals surface area (Å²) < 4.78 is 39.0. The SMILES string of the molecule is O=S(=O)(O)c1ccc(O)c2ncccc12.O=[SH2]. The number of aromatic hydroxyl groups is 1. The predicted molar refractivity (Wildman–Crippen MR) is 64.2 cm³/mol. The van der Waals surface area contributed by atoms with Gasteiger partial charge >= 0.3 is 0 Å². The number of aromatic nitrogens is 1. The molecule has 6 nitrogen and oxygen atoms in total. The van der Waals surface area contributed by atoms with E-state index in [0.29, 0.717) is 0 Å². The minimum atomic E-state index is -4.30. The number of hydrogen-bond acceptors (Lipinski definition) is 5. The van der Waals surface area contributed by atoms with Crippen molar-refractivity contribution in [1.29, 1.82) is 0 Å². The molecule has 17 heavy (non-hydrogen) atoms. The normalized spacial score (nSPS) is 10.7. The van der Waals surface area contributed by atoms with Crippen LogP contribution in [-0.2, 0) is 22.7 Å². The van der Waals surface area contributed by atoms with Crippen LogP contribution in [0.15, 0.2) is 35.4 Å². The first-order valence-corrected chi connectivity index (χ1v) is 6.09. The van der Waals surface area contributed by atoms with E-state index in [0.717, 1.165) is 6.07 Å². The van der Waals surface area contributed by atoms with E-state index in [9.17, 15) is 13.5 Å². The predicted octanol–water partition coefficient (Wildman–Crippen LogP) is 0.315. The quantitative estimate of drug-likeness (QED) is 0.726. The third-order valence-electron chi connectivity index (χ3n) is 1.99. The zero-order chi connectivity index (χ0) is 13.1. The zero-order valence-electron chi connectivity index (χ0n) is 8.36. The molecule has 0 radical (unpaired) electrons. The molecule has 0 amide bonds. The molecule has 1 aromatic carbocycles. The molecule has 0 unspecified atom stereocenters. The molecular formula is C9H9NO5S2. The number of hydrogen-bond donors (Lipinski definition) is 2. The molecule has 0 bridgehead atoms. The molecule has 0 aliphatic rings. The Morgan fingerprint density at radius 3 is 2.41 bits per heavy atom. The Hall–Kier alpha value is -1.51. The van der Waals surface area contributed by atoms with Crippen LogP contribution < -0.4 is 0 Å². The Balaban J connectivity index is 0.000000686. The number of phenolic OH excluding ortho intramolecular Hbond substituents is 1. The van der Waals surface area contributed by atoms with E-state index in [4.69, 9.17) is 8.76 Å². The molecule has 0 atom stereocenters. The van der Waals surface area contributed by atoms with Crippen molar-refractivity contribution >= 4 is 33.6 Å². The van der Waals surface area contributed by atoms with Crippen LogP contribution in [0.3, 0.4) is 0 Å². The van der Waals surface area contributed by atoms with Crippen LogP contribution in [0, 0.1) is 0 Å². The second-order valence-electron chi connectivity index (χ2n) is 2.96. The fourth-order valence-corrected chi connectivity index (χ4v) is 2.04. The van der Waals surface area contributed by atoms with Crippen molar-refractivity contribution in [1.82, 2.24) is 4.98 Å². The number of phenols is 1. The summed E-state index contributed by atoms with van der Waals surface area (Å²) in [7, 11) is -4.30. The van der Waals surface area contributed by atoms with Crippen molar-refractivity contribution in [2.24, 2.45) is 0 Å². The third kappa shape index (κ3) is 2.78. The highest BCUT2D eigenvalue weighted by molar-refractivity contribution is 7.86. The summed E-state index contributed by atoms with van der Waals surface area (Å²) in [5.74, 6) is -0.127. The summed E-state index contributed by atoms with van der Waals surface area (Å²) in [5, 5.41) is 9.62. The van der Waals surface area contributed by atoms with E-state index < -0.39 is 10.1 Å². The van der Waals surface area contributed by atoms with Gasteiger partial charge in [-0.25, -0.2) is 0 Å². The lowest BCUT2D eigenvalue weighted by Crippen LogP contribution is -1.99. The molecule has 0 spiro atoms. The van der Waals surface area contributed by atoms with Gasteiger partial charge in [-0.3, -0.25) is 13.7 Å². The third-order valence-corrected chi connectivity index (χ3v) is 2.90. The van der Waals surface area contributed by atoms with Gasteiger partial charge in [0.05, 0.1) is 0 Å². The topological polar surface area (TPSA) is 105 Å². The number of fused-ring (bicyclic) bond motifs is 1. The summed E-state index contributed by atoms with van der Waals surface area (Å²) >= 11 is 1.72. The average Bonchev–Trinajstić information content (AvgIpc) is 2.31. The van der Waals surface area contributed by atoms with Crippen LogP contribution in [-0.4, -0.2) is 27.3 Å². The standard InChI is InChI=1S/C9H7NO4S.H2OS/c11-7-3-4-8(15(12,13)14)6-2-1-5-10-9(6)7;1-2/h1-5,11H,(H,12,13,14);2H2. The monoisotopic (exact) mass is 275 g/mol. The lowest BCUT2D eigenvalue weighted by atomic mass is 10.2. The molecular weight excluding hydrogens is 266 g/mol. The fourth-order valence-electron chi connectivity index (χ4n) is 1.36. The molecule has 0 aliphatic heterocycles. The Kier molecular flexibility index (Phi) is 4.16. The highest BCUT2D eigenvalue weighted by atomic mass is 32.2. The lowest BCUT2D eigenvalue weighted by Gasteiger charge is -2.03. The maximum atomic E-state index is 11.0. The maximum Gasteiger partial charge on any atom is 0.295 e. The molecule has 0 saturated carbocycles. The van der Waals surface area contributed by atoms with Crippen molar-refractivity contribution in [3.8, 4) is 5.75 Å². The highest BCUT2D eigenvalue weighted by Crippen LogP contribution is 2.27. The van der Waals surface area contributed by atoms with Crippen molar-refractivity contribution in [3.63, 3.8) is 0 Å². The van der Waals surface area contributed by atoms with E-state index in [-0.39, 0.29) is 21.5 Å². The van der Waals surface area contributed by atoms with E-state index in [1.54, 1.807) is 12.5 Å². The van der Waals surface area contributed by atoms with Gasteiger partial charge in [-0.2, -0.15) is 8.42 Å². The molecule has 2 rings (SSSR count). The van der Waals surface area contributed by atoms with E-state index >= 15 is 0 Å². The number of pyridine rings is 1. The molecule has 1 aromatic heterocycles. The lowest BCUT2D eigenvalue weighted by molar-refractivity contribution is 0.478. The Morgan fingerprint density at radius 1 is 1.18 bits per heavy atom. The van der Waals surface area contributed by atoms with Gasteiger partial charge in [0.1, 0.15) is 16.2 Å². The molecule has 2 N–H and O–H groups in total. The van der Waals surface area contributed by atoms with Gasteiger partial charge in [-0.15, -0.1) is 0 Å². The first-order valence-electron chi connectivity index (χ1n) is 4.25. The van der Waals surface area contributed by atoms with Gasteiger partial charge < -0.3 is 5.11 Å². The molecule has 8 heteroatoms. The van der Waals surface area contributed by atoms with Crippen molar-refractivity contribution in [3.05, 3.63) is 30.5 Å². The Bertz CT molecular complexity index is 641. The number of benzene rings is 1. The van der Waals surface area contributed by atoms with Crippen molar-refractivity contribution in [2.45, 2.75) is 4.90 Å². The van der Waals surface area contributed by atoms with Crippen LogP contribution in [0.25, 0.3) is 10.9 Å². The van der Waals surface area contributed by atoms with Crippen LogP contribution in [0.4, 0.5) is 0 Å². The van der Waals surface area contributed by atoms with Crippen LogP contribution >= 0.6 is 0 Å². The molecule has 0 saturated heterocycles. The van der Waals surface area contributed by atoms with Crippen LogP contribution in [0.5, 0.6) is 5.75 Å². The maximum absolute atomic E-state index is 11.0. The van der Waals surface area contributed by atoms with Gasteiger partial charge in [-0.1, -0.05) is 0 Å². The Morgan fingerprint density at radius 2 is 1.82 bits per heavy atom. The second-order valence-corrected chi connectivity index (χ2v) is 4.35. The van der Waals surface area contributed by atoms with Crippen molar-refractivity contribution < 1.29 is 22.3 Å². The number of rotatable bonds is 1. The van der Waals surface area contributed by atoms with Gasteiger partial charge in [0.15, 0.2) is 0 Å². The zero-order valence-corrected chi connectivity index (χ0v) is 10.2. The van der Waals surface area contributed by atoms with Gasteiger partial charge in [-0.05, 0) is 36.8 Å². The Labute approximate surface area is 102 Å². The van der Waals surface area contributed by atoms with E-state index in [2.05, 4.69) is 4.98 Å². The van der Waals surface area contributed by atoms with Gasteiger partial charge in [0, 0.05) is 11.6 Å². The number of nitrogens with zero attached hydrogens (tertiary/aromatic N) is 1. The minimum absolute atomic E-state index is 0.127. The van der Waals surface area contributed by atoms with Gasteiger partial charge in [0.25, 0.3) is 10.1 Å². The van der Waals surface area contributed by atoms with E-state index in [1.807, 2.05) is 0 Å². The first-order chi connectivity index (χ1) is 8.00. The molecule has 0 fully saturated rings. The van der Waals surface area contributed by atoms with Crippen LogP contribution in [0.1, 0.15) is 0 Å². The minimum Gasteiger partial charge on any atom is -0.506 e.